The van der Waals surface area contributed by atoms with Crippen molar-refractivity contribution >= 4 is 16.6 Å². The van der Waals surface area contributed by atoms with Gasteiger partial charge < -0.3 is 15.2 Å². The molecule has 0 saturated heterocycles. The van der Waals surface area contributed by atoms with E-state index in [9.17, 15) is 5.11 Å². The van der Waals surface area contributed by atoms with Gasteiger partial charge in [0.05, 0.1) is 18.7 Å². The number of rotatable bonds is 6. The Bertz CT molecular complexity index is 886. The highest BCUT2D eigenvalue weighted by Gasteiger charge is 2.19. The molecular formula is C19H24N4O2. The number of aliphatic hydroxyl groups excluding tert-OH is 1. The van der Waals surface area contributed by atoms with Gasteiger partial charge in [0.1, 0.15) is 11.6 Å². The monoisotopic (exact) mass is 340 g/mol. The average Bonchev–Trinajstić information content (AvgIpc) is 3.05. The number of hydrogen-bond donors (Lipinski definition) is 2. The fourth-order valence-electron chi connectivity index (χ4n) is 2.74. The minimum Gasteiger partial charge on any atom is -0.496 e. The second kappa shape index (κ2) is 6.72. The molecule has 6 nitrogen and oxygen atoms in total. The molecule has 6 heteroatoms. The smallest absolute Gasteiger partial charge is 0.137 e. The highest BCUT2D eigenvalue weighted by molar-refractivity contribution is 6.05. The zero-order valence-corrected chi connectivity index (χ0v) is 15.1. The molecule has 0 aliphatic rings. The molecule has 0 atom stereocenters. The van der Waals surface area contributed by atoms with Gasteiger partial charge in [0, 0.05) is 49.1 Å². The number of fused-ring (bicyclic) bond motifs is 1. The minimum absolute atomic E-state index is 0.100. The minimum atomic E-state index is -0.238. The van der Waals surface area contributed by atoms with Crippen molar-refractivity contribution in [3.05, 3.63) is 36.8 Å². The normalized spacial score (nSPS) is 11.7. The Morgan fingerprint density at radius 1 is 1.28 bits per heavy atom. The standard InChI is InChI=1S/C19H24N4O2/c1-19(2,12-24)11-21-18-17-14(6-5-7-16(17)25-4)15(9-20-18)13-8-22-23(3)10-13/h5-10,24H,11-12H2,1-4H3,(H,20,21). The first-order valence-corrected chi connectivity index (χ1v) is 8.24. The second-order valence-electron chi connectivity index (χ2n) is 6.98. The first-order chi connectivity index (χ1) is 11.9. The molecule has 0 amide bonds. The molecule has 25 heavy (non-hydrogen) atoms. The second-order valence-corrected chi connectivity index (χ2v) is 6.98. The molecule has 3 rings (SSSR count). The van der Waals surface area contributed by atoms with Crippen molar-refractivity contribution in [3.63, 3.8) is 0 Å². The van der Waals surface area contributed by atoms with Crippen molar-refractivity contribution in [2.45, 2.75) is 13.8 Å². The van der Waals surface area contributed by atoms with Gasteiger partial charge in [0.15, 0.2) is 0 Å². The van der Waals surface area contributed by atoms with Gasteiger partial charge >= 0.3 is 0 Å². The number of aromatic nitrogens is 3. The zero-order valence-electron chi connectivity index (χ0n) is 15.1. The Morgan fingerprint density at radius 3 is 2.72 bits per heavy atom. The third kappa shape index (κ3) is 3.44. The molecule has 2 aromatic heterocycles. The summed E-state index contributed by atoms with van der Waals surface area (Å²) in [5, 5.41) is 19.1. The van der Waals surface area contributed by atoms with E-state index in [1.807, 2.05) is 51.6 Å². The molecule has 0 radical (unpaired) electrons. The topological polar surface area (TPSA) is 72.2 Å². The van der Waals surface area contributed by atoms with Crippen LogP contribution in [0.5, 0.6) is 5.75 Å². The van der Waals surface area contributed by atoms with Crippen LogP contribution in [0.25, 0.3) is 21.9 Å². The van der Waals surface area contributed by atoms with Crippen molar-refractivity contribution in [1.82, 2.24) is 14.8 Å². The Balaban J connectivity index is 2.13. The summed E-state index contributed by atoms with van der Waals surface area (Å²) in [6, 6.07) is 5.96. The van der Waals surface area contributed by atoms with E-state index >= 15 is 0 Å². The van der Waals surface area contributed by atoms with Gasteiger partial charge in [-0.25, -0.2) is 4.98 Å². The number of benzene rings is 1. The molecule has 1 aromatic carbocycles. The van der Waals surface area contributed by atoms with Crippen molar-refractivity contribution in [1.29, 1.82) is 0 Å². The van der Waals surface area contributed by atoms with Gasteiger partial charge in [-0.1, -0.05) is 26.0 Å². The van der Waals surface area contributed by atoms with E-state index in [0.717, 1.165) is 33.5 Å². The average molecular weight is 340 g/mol. The molecule has 0 bridgehead atoms. The predicted molar refractivity (Wildman–Crippen MR) is 99.9 cm³/mol. The fraction of sp³-hybridized carbons (Fsp3) is 0.368. The lowest BCUT2D eigenvalue weighted by Crippen LogP contribution is -2.27. The number of pyridine rings is 1. The van der Waals surface area contributed by atoms with Gasteiger partial charge in [-0.15, -0.1) is 0 Å². The molecule has 2 heterocycles. The van der Waals surface area contributed by atoms with Crippen LogP contribution in [0.2, 0.25) is 0 Å². The number of anilines is 1. The lowest BCUT2D eigenvalue weighted by atomic mass is 9.95. The van der Waals surface area contributed by atoms with Crippen LogP contribution in [0.3, 0.4) is 0 Å². The van der Waals surface area contributed by atoms with Gasteiger partial charge in [0.25, 0.3) is 0 Å². The van der Waals surface area contributed by atoms with Gasteiger partial charge in [0.2, 0.25) is 0 Å². The van der Waals surface area contributed by atoms with E-state index in [1.165, 1.54) is 0 Å². The summed E-state index contributed by atoms with van der Waals surface area (Å²) in [5.41, 5.74) is 1.78. The molecule has 2 N–H and O–H groups in total. The van der Waals surface area contributed by atoms with Crippen LogP contribution in [0, 0.1) is 5.41 Å². The maximum atomic E-state index is 9.49. The van der Waals surface area contributed by atoms with Crippen molar-refractivity contribution in [2.24, 2.45) is 12.5 Å². The van der Waals surface area contributed by atoms with Gasteiger partial charge in [-0.2, -0.15) is 5.10 Å². The van der Waals surface area contributed by atoms with E-state index in [2.05, 4.69) is 21.5 Å². The number of aryl methyl sites for hydroxylation is 1. The summed E-state index contributed by atoms with van der Waals surface area (Å²) >= 11 is 0. The summed E-state index contributed by atoms with van der Waals surface area (Å²) in [5.74, 6) is 1.52. The van der Waals surface area contributed by atoms with Crippen molar-refractivity contribution in [2.75, 3.05) is 25.6 Å². The Labute approximate surface area is 147 Å². The molecule has 132 valence electrons. The number of ether oxygens (including phenoxy) is 1. The van der Waals surface area contributed by atoms with Gasteiger partial charge in [-0.3, -0.25) is 4.68 Å². The third-order valence-electron chi connectivity index (χ3n) is 4.27. The molecule has 0 spiro atoms. The lowest BCUT2D eigenvalue weighted by molar-refractivity contribution is 0.171. The summed E-state index contributed by atoms with van der Waals surface area (Å²) in [6.45, 7) is 4.71. The van der Waals surface area contributed by atoms with Crippen LogP contribution in [0.1, 0.15) is 13.8 Å². The van der Waals surface area contributed by atoms with Crippen molar-refractivity contribution < 1.29 is 9.84 Å². The molecule has 0 fully saturated rings. The Hall–Kier alpha value is -2.60. The van der Waals surface area contributed by atoms with Crippen LogP contribution >= 0.6 is 0 Å². The maximum absolute atomic E-state index is 9.49. The molecule has 3 aromatic rings. The summed E-state index contributed by atoms with van der Waals surface area (Å²) in [4.78, 5) is 4.63. The Kier molecular flexibility index (Phi) is 4.63. The number of nitrogens with one attached hydrogen (secondary N) is 1. The largest absolute Gasteiger partial charge is 0.496 e. The molecule has 0 unspecified atom stereocenters. The van der Waals surface area contributed by atoms with Crippen LogP contribution in [-0.4, -0.2) is 40.1 Å². The molecule has 0 saturated carbocycles. The number of hydrogen-bond acceptors (Lipinski definition) is 5. The van der Waals surface area contributed by atoms with Crippen LogP contribution in [0.15, 0.2) is 36.8 Å². The first-order valence-electron chi connectivity index (χ1n) is 8.24. The predicted octanol–water partition coefficient (Wildman–Crippen LogP) is 3.07. The van der Waals surface area contributed by atoms with E-state index in [-0.39, 0.29) is 12.0 Å². The SMILES string of the molecule is COc1cccc2c(-c3cnn(C)c3)cnc(NCC(C)(C)CO)c12. The van der Waals surface area contributed by atoms with E-state index in [1.54, 1.807) is 11.8 Å². The number of nitrogens with zero attached hydrogens (tertiary/aromatic N) is 3. The van der Waals surface area contributed by atoms with Crippen LogP contribution < -0.4 is 10.1 Å². The summed E-state index contributed by atoms with van der Waals surface area (Å²) in [7, 11) is 3.56. The molecule has 0 aliphatic carbocycles. The number of aliphatic hydroxyl groups is 1. The lowest BCUT2D eigenvalue weighted by Gasteiger charge is -2.23. The van der Waals surface area contributed by atoms with Crippen LogP contribution in [-0.2, 0) is 7.05 Å². The van der Waals surface area contributed by atoms with E-state index in [4.69, 9.17) is 4.74 Å². The number of methoxy groups -OCH3 is 1. The van der Waals surface area contributed by atoms with Crippen molar-refractivity contribution in [3.8, 4) is 16.9 Å². The van der Waals surface area contributed by atoms with Gasteiger partial charge in [-0.05, 0) is 11.5 Å². The quantitative estimate of drug-likeness (QED) is 0.721. The summed E-state index contributed by atoms with van der Waals surface area (Å²) < 4.78 is 7.35. The van der Waals surface area contributed by atoms with E-state index < -0.39 is 0 Å². The Morgan fingerprint density at radius 2 is 2.08 bits per heavy atom. The highest BCUT2D eigenvalue weighted by atomic mass is 16.5. The first kappa shape index (κ1) is 17.2. The molecular weight excluding hydrogens is 316 g/mol. The third-order valence-corrected chi connectivity index (χ3v) is 4.27. The maximum Gasteiger partial charge on any atom is 0.137 e. The zero-order chi connectivity index (χ0) is 18.0. The van der Waals surface area contributed by atoms with Crippen LogP contribution in [0.4, 0.5) is 5.82 Å². The highest BCUT2D eigenvalue weighted by Crippen LogP contribution is 2.37. The van der Waals surface area contributed by atoms with E-state index in [0.29, 0.717) is 6.54 Å². The molecule has 0 aliphatic heterocycles. The fourth-order valence-corrected chi connectivity index (χ4v) is 2.74. The summed E-state index contributed by atoms with van der Waals surface area (Å²) in [6.07, 6.45) is 5.66.